The third-order valence-corrected chi connectivity index (χ3v) is 8.15. The predicted molar refractivity (Wildman–Crippen MR) is 147 cm³/mol. The van der Waals surface area contributed by atoms with E-state index in [2.05, 4.69) is 10.2 Å². The minimum Gasteiger partial charge on any atom is -0.396 e. The van der Waals surface area contributed by atoms with E-state index >= 15 is 0 Å². The van der Waals surface area contributed by atoms with E-state index in [0.29, 0.717) is 6.42 Å². The van der Waals surface area contributed by atoms with Gasteiger partial charge in [-0.3, -0.25) is 4.79 Å². The number of nitrogens with one attached hydrogen (secondary N) is 1. The molecule has 14 unspecified atom stereocenters. The molecule has 14 atom stereocenters. The number of ether oxygens (including phenoxy) is 6. The van der Waals surface area contributed by atoms with Crippen molar-refractivity contribution in [3.63, 3.8) is 0 Å². The second kappa shape index (κ2) is 19.6. The molecule has 3 rings (SSSR count). The fraction of sp³-hybridized carbons (Fsp3) is 0.963. The molecule has 1 amide bonds. The van der Waals surface area contributed by atoms with Crippen molar-refractivity contribution in [2.75, 3.05) is 46.2 Å². The van der Waals surface area contributed by atoms with E-state index in [1.807, 2.05) is 0 Å². The van der Waals surface area contributed by atoms with Crippen molar-refractivity contribution in [1.29, 1.82) is 0 Å². The number of hydrogen-bond donors (Lipinski definition) is 10. The molecule has 0 radical (unpaired) electrons. The second-order valence-corrected chi connectivity index (χ2v) is 11.5. The summed E-state index contributed by atoms with van der Waals surface area (Å²) >= 11 is 0. The quantitative estimate of drug-likeness (QED) is 0.0375. The Labute approximate surface area is 260 Å². The Balaban J connectivity index is 0.00000736. The van der Waals surface area contributed by atoms with Crippen LogP contribution in [-0.4, -0.2) is 178 Å². The molecule has 46 heavy (non-hydrogen) atoms. The molecule has 0 aromatic heterocycles. The molecule has 10 N–H and O–H groups in total. The van der Waals surface area contributed by atoms with Crippen molar-refractivity contribution in [1.82, 2.24) is 5.32 Å². The molecule has 2 heterocycles. The zero-order valence-corrected chi connectivity index (χ0v) is 32.4. The van der Waals surface area contributed by atoms with E-state index in [9.17, 15) is 50.9 Å². The van der Waals surface area contributed by atoms with Gasteiger partial charge in [-0.15, -0.1) is 0 Å². The van der Waals surface area contributed by atoms with Crippen molar-refractivity contribution >= 4 is 5.91 Å². The molecule has 0 aromatic carbocycles. The van der Waals surface area contributed by atoms with Crippen molar-refractivity contribution < 1.29 is 84.2 Å². The van der Waals surface area contributed by atoms with E-state index in [1.165, 1.54) is 6.92 Å². The molecule has 1 saturated carbocycles. The Bertz CT molecular complexity index is 865. The Hall–Kier alpha value is -2.17. The molecule has 0 spiro atoms. The van der Waals surface area contributed by atoms with Crippen LogP contribution >= 0.6 is 0 Å². The third-order valence-electron chi connectivity index (χ3n) is 8.15. The van der Waals surface area contributed by atoms with E-state index in [0.717, 1.165) is 0 Å². The third kappa shape index (κ3) is 10.7. The molecule has 18 nitrogen and oxygen atoms in total. The summed E-state index contributed by atoms with van der Waals surface area (Å²) < 4.78 is 33.4. The van der Waals surface area contributed by atoms with E-state index in [4.69, 9.17) is 28.4 Å². The summed E-state index contributed by atoms with van der Waals surface area (Å²) in [7, 11) is 0. The maximum absolute atomic E-state index is 11.6. The molecule has 2 aliphatic heterocycles. The first kappa shape index (κ1) is 40.0. The number of carbonyl (C=O) groups excluding carboxylic acids is 1. The molecule has 266 valence electrons. The maximum atomic E-state index is 11.6. The normalized spacial score (nSPS) is 39.9. The van der Waals surface area contributed by atoms with E-state index in [1.54, 1.807) is 0 Å². The Morgan fingerprint density at radius 2 is 1.46 bits per heavy atom. The first-order chi connectivity index (χ1) is 21.5. The van der Waals surface area contributed by atoms with Gasteiger partial charge in [-0.2, -0.15) is 0 Å². The van der Waals surface area contributed by atoms with Crippen molar-refractivity contribution in [3.05, 3.63) is 0 Å². The Morgan fingerprint density at radius 3 is 2.11 bits per heavy atom. The minimum absolute atomic E-state index is 0. The Morgan fingerprint density at radius 1 is 0.783 bits per heavy atom. The number of carbonyl (C=O) groups is 1. The van der Waals surface area contributed by atoms with Crippen LogP contribution in [0.5, 0.6) is 0 Å². The summed E-state index contributed by atoms with van der Waals surface area (Å²) in [6, 6.07) is -0.892. The van der Waals surface area contributed by atoms with Gasteiger partial charge in [0.2, 0.25) is 12.2 Å². The predicted octanol–water partition coefficient (Wildman–Crippen LogP) is -4.43. The molecular formula is C27H49HsNO17. The van der Waals surface area contributed by atoms with Gasteiger partial charge >= 0.3 is 0 Å². The maximum Gasteiger partial charge on any atom is 0.220 e. The monoisotopic (exact) mass is 928 g/mol. The summed E-state index contributed by atoms with van der Waals surface area (Å²) in [5, 5.41) is 92.1. The van der Waals surface area contributed by atoms with Crippen LogP contribution in [0, 0.1) is 5.92 Å². The van der Waals surface area contributed by atoms with Crippen molar-refractivity contribution in [2.24, 2.45) is 5.92 Å². The van der Waals surface area contributed by atoms with Gasteiger partial charge in [0.25, 0.3) is 0 Å². The van der Waals surface area contributed by atoms with Crippen molar-refractivity contribution in [3.8, 4) is 0 Å². The van der Waals surface area contributed by atoms with Crippen LogP contribution in [0.4, 0.5) is 0 Å². The summed E-state index contributed by atoms with van der Waals surface area (Å²) in [4.78, 5) is 15.8. The first-order valence-electron chi connectivity index (χ1n) is 15.1. The van der Waals surface area contributed by atoms with Crippen LogP contribution in [0.2, 0.25) is 0 Å². The van der Waals surface area contributed by atoms with Gasteiger partial charge < -0.3 is 74.6 Å². The Kier molecular flexibility index (Phi) is 17.0. The van der Waals surface area contributed by atoms with Gasteiger partial charge in [-0.25, -0.2) is 10.1 Å². The van der Waals surface area contributed by atoms with E-state index < -0.39 is 98.1 Å². The number of aliphatic hydroxyl groups excluding tert-OH is 8. The van der Waals surface area contributed by atoms with Crippen LogP contribution in [0.3, 0.4) is 0 Å². The van der Waals surface area contributed by atoms with Gasteiger partial charge in [0.1, 0.15) is 42.7 Å². The minimum atomic E-state index is -1.55. The molecule has 0 bridgehead atoms. The second-order valence-electron chi connectivity index (χ2n) is 11.5. The smallest absolute Gasteiger partial charge is 0.220 e. The number of hydrogen-bond acceptors (Lipinski definition) is 17. The molecule has 3 fully saturated rings. The molecule has 19 heteroatoms. The van der Waals surface area contributed by atoms with Crippen LogP contribution < -0.4 is 5.32 Å². The number of rotatable bonds is 17. The standard InChI is InChI=1S/C27H49NO17.Hs/c1-13(31)28-20-16(8-14(10-29)21(33)24(20)36)40-5-3-7-42-26-23(35)18(44-27(45-38)25(26)37)12-39-4-2-6-41-19-9-15(32)22(34)17(11-30)43-19;/h14-27,29-30,32-38H,2-12H2,1H3,(H,28,31);. The largest absolute Gasteiger partial charge is 0.396 e. The summed E-state index contributed by atoms with van der Waals surface area (Å²) in [5.74, 6) is -1.07. The summed E-state index contributed by atoms with van der Waals surface area (Å²) in [5.41, 5.74) is 0. The van der Waals surface area contributed by atoms with Crippen LogP contribution in [-0.2, 0) is 38.1 Å². The SMILES string of the molecule is CC(=O)NC1C(OCCCOC2C(O)C(COCCCOC3CC(O)C(O)C(CO)O3)OC(OO)C2O)CC(CO)C(O)C1O.[Hs]. The van der Waals surface area contributed by atoms with Gasteiger partial charge in [0.15, 0.2) is 6.29 Å². The molecule has 0 aromatic rings. The zero-order valence-electron chi connectivity index (χ0n) is 25.9. The summed E-state index contributed by atoms with van der Waals surface area (Å²) in [6.07, 6.45) is -13.2. The molecule has 2 saturated heterocycles. The number of amides is 1. The van der Waals surface area contributed by atoms with Gasteiger partial charge in [0, 0.05) is 45.7 Å². The fourth-order valence-corrected chi connectivity index (χ4v) is 5.65. The zero-order chi connectivity index (χ0) is 33.1. The topological polar surface area (TPSA) is 276 Å². The molecule has 1 aliphatic carbocycles. The van der Waals surface area contributed by atoms with E-state index in [-0.39, 0.29) is 58.9 Å². The van der Waals surface area contributed by atoms with Crippen molar-refractivity contribution in [2.45, 2.75) is 112 Å². The van der Waals surface area contributed by atoms with Crippen LogP contribution in [0.1, 0.15) is 32.6 Å². The first-order valence-corrected chi connectivity index (χ1v) is 15.1. The van der Waals surface area contributed by atoms with Gasteiger partial charge in [-0.1, -0.05) is 0 Å². The fourth-order valence-electron chi connectivity index (χ4n) is 5.65. The summed E-state index contributed by atoms with van der Waals surface area (Å²) in [6.45, 7) is 0.663. The molecule has 3 aliphatic rings. The van der Waals surface area contributed by atoms with Gasteiger partial charge in [-0.05, 0) is 19.3 Å². The van der Waals surface area contributed by atoms with Crippen LogP contribution in [0.25, 0.3) is 0 Å². The van der Waals surface area contributed by atoms with Crippen LogP contribution in [0.15, 0.2) is 0 Å². The average Bonchev–Trinajstić information content (AvgIpc) is 3.01. The molecular weight excluding hydrogens is 879 g/mol. The van der Waals surface area contributed by atoms with Gasteiger partial charge in [0.05, 0.1) is 44.2 Å². The average molecular weight is 929 g/mol. The number of aliphatic hydroxyl groups is 8.